The van der Waals surface area contributed by atoms with Crippen LogP contribution in [0.4, 0.5) is 0 Å². The van der Waals surface area contributed by atoms with Crippen LogP contribution in [0.25, 0.3) is 0 Å². The van der Waals surface area contributed by atoms with Gasteiger partial charge >= 0.3 is 5.97 Å². The van der Waals surface area contributed by atoms with Crippen LogP contribution < -0.4 is 5.19 Å². The number of pyridine rings is 1. The summed E-state index contributed by atoms with van der Waals surface area (Å²) in [5.41, 5.74) is 1.27. The summed E-state index contributed by atoms with van der Waals surface area (Å²) < 4.78 is 4.90. The lowest BCUT2D eigenvalue weighted by Gasteiger charge is -2.32. The lowest BCUT2D eigenvalue weighted by atomic mass is 10.1. The molecule has 0 aliphatic heterocycles. The van der Waals surface area contributed by atoms with Crippen molar-refractivity contribution in [3.63, 3.8) is 0 Å². The third-order valence-corrected chi connectivity index (χ3v) is 8.18. The van der Waals surface area contributed by atoms with Crippen molar-refractivity contribution in [1.82, 2.24) is 4.98 Å². The van der Waals surface area contributed by atoms with Crippen LogP contribution in [0.1, 0.15) is 17.5 Å². The molecule has 0 saturated heterocycles. The molecule has 0 saturated carbocycles. The van der Waals surface area contributed by atoms with Gasteiger partial charge in [-0.3, -0.25) is 9.78 Å². The Morgan fingerprint density at radius 3 is 2.48 bits per heavy atom. The second-order valence-corrected chi connectivity index (χ2v) is 10.4. The predicted molar refractivity (Wildman–Crippen MR) is 87.2 cm³/mol. The Hall–Kier alpha value is -1.94. The maximum atomic E-state index is 11.9. The molecule has 1 heterocycles. The Balaban J connectivity index is 2.41. The number of benzene rings is 1. The summed E-state index contributed by atoms with van der Waals surface area (Å²) in [6, 6.07) is 14.4. The molecule has 110 valence electrons. The molecule has 2 rings (SSSR count). The third kappa shape index (κ3) is 3.58. The minimum Gasteiger partial charge on any atom is -0.469 e. The van der Waals surface area contributed by atoms with Gasteiger partial charge in [0.2, 0.25) is 0 Å². The lowest BCUT2D eigenvalue weighted by Crippen LogP contribution is -2.48. The number of esters is 1. The van der Waals surface area contributed by atoms with Crippen molar-refractivity contribution in [2.75, 3.05) is 7.11 Å². The van der Waals surface area contributed by atoms with E-state index in [4.69, 9.17) is 4.74 Å². The highest BCUT2D eigenvalue weighted by Gasteiger charge is 2.36. The minimum absolute atomic E-state index is 0.154. The smallest absolute Gasteiger partial charge is 0.305 e. The molecular weight excluding hydrogens is 278 g/mol. The molecule has 3 nitrogen and oxygen atoms in total. The van der Waals surface area contributed by atoms with Crippen LogP contribution in [-0.2, 0) is 9.53 Å². The van der Waals surface area contributed by atoms with Crippen LogP contribution in [0.5, 0.6) is 0 Å². The molecule has 2 aromatic rings. The number of nitrogens with zero attached hydrogens (tertiary/aromatic N) is 1. The number of rotatable bonds is 5. The number of carbonyl (C=O) groups is 1. The van der Waals surface area contributed by atoms with Crippen molar-refractivity contribution in [2.24, 2.45) is 0 Å². The fourth-order valence-corrected chi connectivity index (χ4v) is 5.83. The monoisotopic (exact) mass is 299 g/mol. The Morgan fingerprint density at radius 2 is 1.90 bits per heavy atom. The van der Waals surface area contributed by atoms with E-state index in [2.05, 4.69) is 48.4 Å². The fraction of sp³-hybridized carbons (Fsp3) is 0.294. The standard InChI is InChI=1S/C17H21NO2Si/c1-20-17(19)12-16(14-8-7-11-18-13-14)21(2,3)15-9-5-4-6-10-15/h4-11,13,16H,12H2,1-3H3. The summed E-state index contributed by atoms with van der Waals surface area (Å²) in [6.45, 7) is 4.59. The average molecular weight is 299 g/mol. The van der Waals surface area contributed by atoms with Gasteiger partial charge < -0.3 is 4.74 Å². The summed E-state index contributed by atoms with van der Waals surface area (Å²) in [5, 5.41) is 1.34. The number of aromatic nitrogens is 1. The zero-order chi connectivity index (χ0) is 15.3. The van der Waals surface area contributed by atoms with Gasteiger partial charge in [-0.25, -0.2) is 0 Å². The summed E-state index contributed by atoms with van der Waals surface area (Å²) in [5.74, 6) is -0.166. The molecule has 4 heteroatoms. The highest BCUT2D eigenvalue weighted by Crippen LogP contribution is 2.30. The summed E-state index contributed by atoms with van der Waals surface area (Å²) in [7, 11) is -0.425. The molecule has 1 unspecified atom stereocenters. The number of methoxy groups -OCH3 is 1. The van der Waals surface area contributed by atoms with Crippen molar-refractivity contribution < 1.29 is 9.53 Å². The van der Waals surface area contributed by atoms with E-state index in [1.165, 1.54) is 12.3 Å². The van der Waals surface area contributed by atoms with E-state index in [1.54, 1.807) is 6.20 Å². The van der Waals surface area contributed by atoms with Gasteiger partial charge in [0.1, 0.15) is 0 Å². The number of hydrogen-bond acceptors (Lipinski definition) is 3. The van der Waals surface area contributed by atoms with Gasteiger partial charge in [-0.15, -0.1) is 0 Å². The van der Waals surface area contributed by atoms with Crippen LogP contribution in [0, 0.1) is 0 Å². The van der Waals surface area contributed by atoms with Gasteiger partial charge in [0.15, 0.2) is 0 Å². The van der Waals surface area contributed by atoms with Crippen LogP contribution in [-0.4, -0.2) is 26.1 Å². The average Bonchev–Trinajstić information content (AvgIpc) is 2.53. The molecule has 0 N–H and O–H groups in total. The van der Waals surface area contributed by atoms with E-state index in [9.17, 15) is 4.79 Å². The first-order chi connectivity index (χ1) is 10.1. The third-order valence-electron chi connectivity index (χ3n) is 4.07. The van der Waals surface area contributed by atoms with E-state index in [0.29, 0.717) is 6.42 Å². The highest BCUT2D eigenvalue weighted by atomic mass is 28.3. The van der Waals surface area contributed by atoms with E-state index < -0.39 is 8.07 Å². The number of ether oxygens (including phenoxy) is 1. The van der Waals surface area contributed by atoms with E-state index >= 15 is 0 Å². The van der Waals surface area contributed by atoms with Crippen molar-refractivity contribution >= 4 is 19.2 Å². The van der Waals surface area contributed by atoms with Gasteiger partial charge in [-0.1, -0.05) is 54.7 Å². The minimum atomic E-state index is -1.87. The molecule has 0 amide bonds. The highest BCUT2D eigenvalue weighted by molar-refractivity contribution is 6.91. The summed E-state index contributed by atoms with van der Waals surface area (Å²) in [4.78, 5) is 16.1. The zero-order valence-corrected chi connectivity index (χ0v) is 13.7. The predicted octanol–water partition coefficient (Wildman–Crippen LogP) is 2.88. The molecule has 0 fully saturated rings. The van der Waals surface area contributed by atoms with Crippen molar-refractivity contribution in [2.45, 2.75) is 25.1 Å². The van der Waals surface area contributed by atoms with Crippen molar-refractivity contribution in [1.29, 1.82) is 0 Å². The second kappa shape index (κ2) is 6.67. The SMILES string of the molecule is COC(=O)CC(c1cccnc1)[Si](C)(C)c1ccccc1. The van der Waals surface area contributed by atoms with Crippen molar-refractivity contribution in [3.8, 4) is 0 Å². The maximum absolute atomic E-state index is 11.9. The lowest BCUT2D eigenvalue weighted by molar-refractivity contribution is -0.140. The van der Waals surface area contributed by atoms with Gasteiger partial charge in [0.25, 0.3) is 0 Å². The topological polar surface area (TPSA) is 39.2 Å². The van der Waals surface area contributed by atoms with E-state index in [0.717, 1.165) is 5.56 Å². The molecule has 0 bridgehead atoms. The molecule has 0 spiro atoms. The van der Waals surface area contributed by atoms with Gasteiger partial charge in [-0.05, 0) is 17.2 Å². The van der Waals surface area contributed by atoms with Crippen LogP contribution >= 0.6 is 0 Å². The van der Waals surface area contributed by atoms with Crippen LogP contribution in [0.15, 0.2) is 54.9 Å². The number of carbonyl (C=O) groups excluding carboxylic acids is 1. The van der Waals surface area contributed by atoms with E-state index in [1.807, 2.05) is 18.3 Å². The largest absolute Gasteiger partial charge is 0.469 e. The second-order valence-electron chi connectivity index (χ2n) is 5.71. The Labute approximate surface area is 127 Å². The van der Waals surface area contributed by atoms with Gasteiger partial charge in [-0.2, -0.15) is 0 Å². The van der Waals surface area contributed by atoms with Crippen LogP contribution in [0.2, 0.25) is 13.1 Å². The zero-order valence-electron chi connectivity index (χ0n) is 12.7. The Morgan fingerprint density at radius 1 is 1.19 bits per heavy atom. The number of hydrogen-bond donors (Lipinski definition) is 0. The molecule has 0 radical (unpaired) electrons. The molecule has 0 aliphatic carbocycles. The fourth-order valence-electron chi connectivity index (χ4n) is 2.69. The Kier molecular flexibility index (Phi) is 4.91. The van der Waals surface area contributed by atoms with Gasteiger partial charge in [0.05, 0.1) is 21.6 Å². The molecule has 1 aromatic carbocycles. The quantitative estimate of drug-likeness (QED) is 0.629. The molecular formula is C17H21NO2Si. The van der Waals surface area contributed by atoms with Gasteiger partial charge in [0, 0.05) is 12.4 Å². The molecule has 21 heavy (non-hydrogen) atoms. The summed E-state index contributed by atoms with van der Waals surface area (Å²) >= 11 is 0. The molecule has 0 aliphatic rings. The molecule has 1 atom stereocenters. The molecule has 1 aromatic heterocycles. The Bertz CT molecular complexity index is 584. The normalized spacial score (nSPS) is 12.7. The summed E-state index contributed by atoms with van der Waals surface area (Å²) in [6.07, 6.45) is 4.03. The van der Waals surface area contributed by atoms with Crippen molar-refractivity contribution in [3.05, 3.63) is 60.4 Å². The first-order valence-electron chi connectivity index (χ1n) is 7.08. The first-order valence-corrected chi connectivity index (χ1v) is 10.2. The maximum Gasteiger partial charge on any atom is 0.305 e. The van der Waals surface area contributed by atoms with E-state index in [-0.39, 0.29) is 11.5 Å². The van der Waals surface area contributed by atoms with Crippen LogP contribution in [0.3, 0.4) is 0 Å². The first kappa shape index (κ1) is 15.4.